The van der Waals surface area contributed by atoms with E-state index < -0.39 is 19.2 Å². The minimum atomic E-state index is -3.72. The number of nitriles is 1. The Hall–Kier alpha value is -2.25. The molecule has 28 heavy (non-hydrogen) atoms. The maximum Gasteiger partial charge on any atom is 0.348 e. The Balaban J connectivity index is 2.46. The van der Waals surface area contributed by atoms with E-state index >= 15 is 0 Å². The SMILES string of the molecule is CCOP(=O)(OCC)C(C#N)C(CC(=O)c1ccccc1)c1ccc(C)cc1. The van der Waals surface area contributed by atoms with Crippen LogP contribution in [0.5, 0.6) is 0 Å². The van der Waals surface area contributed by atoms with Crippen LogP contribution in [0.4, 0.5) is 0 Å². The number of rotatable bonds is 10. The molecule has 148 valence electrons. The van der Waals surface area contributed by atoms with Crippen LogP contribution < -0.4 is 0 Å². The second-order valence-electron chi connectivity index (χ2n) is 6.46. The second-order valence-corrected chi connectivity index (χ2v) is 8.61. The topological polar surface area (TPSA) is 76.4 Å². The Morgan fingerprint density at radius 3 is 2.11 bits per heavy atom. The average Bonchev–Trinajstić information content (AvgIpc) is 2.69. The van der Waals surface area contributed by atoms with Gasteiger partial charge in [-0.3, -0.25) is 9.36 Å². The maximum atomic E-state index is 13.4. The monoisotopic (exact) mass is 399 g/mol. The molecule has 2 unspecified atom stereocenters. The molecule has 0 saturated heterocycles. The number of carbonyl (C=O) groups is 1. The molecule has 0 bridgehead atoms. The van der Waals surface area contributed by atoms with Gasteiger partial charge >= 0.3 is 7.60 Å². The lowest BCUT2D eigenvalue weighted by molar-refractivity contribution is 0.0973. The molecule has 0 aliphatic carbocycles. The Morgan fingerprint density at radius 2 is 1.61 bits per heavy atom. The van der Waals surface area contributed by atoms with Crippen molar-refractivity contribution in [3.63, 3.8) is 0 Å². The summed E-state index contributed by atoms with van der Waals surface area (Å²) in [5, 5.41) is 9.89. The van der Waals surface area contributed by atoms with Crippen LogP contribution in [0, 0.1) is 18.3 Å². The highest BCUT2D eigenvalue weighted by Gasteiger charge is 2.43. The van der Waals surface area contributed by atoms with E-state index in [1.54, 1.807) is 38.1 Å². The summed E-state index contributed by atoms with van der Waals surface area (Å²) in [5.74, 6) is -0.729. The van der Waals surface area contributed by atoms with Gasteiger partial charge in [0.2, 0.25) is 0 Å². The van der Waals surface area contributed by atoms with Gasteiger partial charge in [0.05, 0.1) is 19.3 Å². The first-order chi connectivity index (χ1) is 13.4. The van der Waals surface area contributed by atoms with Crippen LogP contribution in [0.25, 0.3) is 0 Å². The van der Waals surface area contributed by atoms with E-state index in [2.05, 4.69) is 6.07 Å². The summed E-state index contributed by atoms with van der Waals surface area (Å²) >= 11 is 0. The molecular formula is C22H26NO4P. The van der Waals surface area contributed by atoms with Crippen LogP contribution in [0.3, 0.4) is 0 Å². The first kappa shape index (κ1) is 22.0. The summed E-state index contributed by atoms with van der Waals surface area (Å²) in [6.45, 7) is 5.68. The number of Topliss-reactive ketones (excluding diaryl/α,β-unsaturated/α-hetero) is 1. The van der Waals surface area contributed by atoms with Gasteiger partial charge in [-0.15, -0.1) is 0 Å². The molecule has 0 radical (unpaired) electrons. The molecule has 0 heterocycles. The van der Waals surface area contributed by atoms with Crippen LogP contribution >= 0.6 is 7.60 Å². The fourth-order valence-electron chi connectivity index (χ4n) is 3.11. The van der Waals surface area contributed by atoms with Gasteiger partial charge in [-0.05, 0) is 26.3 Å². The van der Waals surface area contributed by atoms with Gasteiger partial charge in [0.15, 0.2) is 11.4 Å². The third-order valence-electron chi connectivity index (χ3n) is 4.48. The van der Waals surface area contributed by atoms with E-state index in [0.29, 0.717) is 5.56 Å². The molecule has 0 saturated carbocycles. The minimum absolute atomic E-state index is 0.0371. The molecule has 6 heteroatoms. The number of hydrogen-bond acceptors (Lipinski definition) is 5. The summed E-state index contributed by atoms with van der Waals surface area (Å²) in [6.07, 6.45) is 0.0371. The smallest absolute Gasteiger partial charge is 0.308 e. The Kier molecular flexibility index (Phi) is 8.14. The molecule has 2 atom stereocenters. The Labute approximate surface area is 166 Å². The normalized spacial score (nSPS) is 13.5. The van der Waals surface area contributed by atoms with Crippen molar-refractivity contribution < 1.29 is 18.4 Å². The second kappa shape index (κ2) is 10.3. The van der Waals surface area contributed by atoms with E-state index in [4.69, 9.17) is 9.05 Å². The standard InChI is InChI=1S/C22H26NO4P/c1-4-26-28(25,27-5-2)22(16-23)20(18-13-11-17(3)12-14-18)15-21(24)19-9-7-6-8-10-19/h6-14,20,22H,4-5,15H2,1-3H3. The van der Waals surface area contributed by atoms with Gasteiger partial charge in [0.25, 0.3) is 0 Å². The number of hydrogen-bond donors (Lipinski definition) is 0. The van der Waals surface area contributed by atoms with Gasteiger partial charge in [0.1, 0.15) is 0 Å². The van der Waals surface area contributed by atoms with Crippen LogP contribution in [0.2, 0.25) is 0 Å². The highest BCUT2D eigenvalue weighted by atomic mass is 31.2. The minimum Gasteiger partial charge on any atom is -0.308 e. The molecule has 0 aliphatic rings. The molecule has 0 aliphatic heterocycles. The van der Waals surface area contributed by atoms with Crippen molar-refractivity contribution in [2.24, 2.45) is 0 Å². The first-order valence-electron chi connectivity index (χ1n) is 9.38. The van der Waals surface area contributed by atoms with Gasteiger partial charge < -0.3 is 9.05 Å². The lowest BCUT2D eigenvalue weighted by Gasteiger charge is -2.28. The third kappa shape index (κ3) is 5.39. The molecule has 0 spiro atoms. The van der Waals surface area contributed by atoms with Crippen molar-refractivity contribution in [3.8, 4) is 6.07 Å². The molecule has 0 fully saturated rings. The predicted molar refractivity (Wildman–Crippen MR) is 110 cm³/mol. The molecule has 2 aromatic rings. The lowest BCUT2D eigenvalue weighted by atomic mass is 9.88. The summed E-state index contributed by atoms with van der Waals surface area (Å²) in [5.41, 5.74) is 1.30. The van der Waals surface area contributed by atoms with E-state index in [0.717, 1.165) is 11.1 Å². The van der Waals surface area contributed by atoms with Crippen molar-refractivity contribution in [2.45, 2.75) is 38.8 Å². The van der Waals surface area contributed by atoms with Gasteiger partial charge in [-0.1, -0.05) is 60.2 Å². The fraction of sp³-hybridized carbons (Fsp3) is 0.364. The lowest BCUT2D eigenvalue weighted by Crippen LogP contribution is -2.23. The summed E-state index contributed by atoms with van der Waals surface area (Å²) in [4.78, 5) is 12.9. The molecule has 2 aromatic carbocycles. The third-order valence-corrected chi connectivity index (χ3v) is 6.87. The van der Waals surface area contributed by atoms with Crippen LogP contribution in [-0.4, -0.2) is 24.7 Å². The number of ketones is 1. The molecule has 0 aromatic heterocycles. The molecule has 5 nitrogen and oxygen atoms in total. The zero-order valence-corrected chi connectivity index (χ0v) is 17.4. The number of carbonyl (C=O) groups excluding carboxylic acids is 1. The van der Waals surface area contributed by atoms with Crippen molar-refractivity contribution in [1.82, 2.24) is 0 Å². The quantitative estimate of drug-likeness (QED) is 0.389. The van der Waals surface area contributed by atoms with Crippen LogP contribution in [0.1, 0.15) is 47.7 Å². The number of benzene rings is 2. The predicted octanol–water partition coefficient (Wildman–Crippen LogP) is 5.51. The highest BCUT2D eigenvalue weighted by molar-refractivity contribution is 7.55. The summed E-state index contributed by atoms with van der Waals surface area (Å²) in [6, 6.07) is 18.6. The van der Waals surface area contributed by atoms with Gasteiger partial charge in [-0.25, -0.2) is 0 Å². The largest absolute Gasteiger partial charge is 0.348 e. The molecule has 0 amide bonds. The Bertz CT molecular complexity index is 848. The van der Waals surface area contributed by atoms with Crippen molar-refractivity contribution in [1.29, 1.82) is 5.26 Å². The Morgan fingerprint density at radius 1 is 1.04 bits per heavy atom. The van der Waals surface area contributed by atoms with E-state index in [1.165, 1.54) is 0 Å². The number of nitrogens with zero attached hydrogens (tertiary/aromatic N) is 1. The van der Waals surface area contributed by atoms with Gasteiger partial charge in [0, 0.05) is 17.9 Å². The fourth-order valence-corrected chi connectivity index (χ4v) is 5.08. The van der Waals surface area contributed by atoms with Crippen molar-refractivity contribution in [3.05, 3.63) is 71.3 Å². The van der Waals surface area contributed by atoms with E-state index in [1.807, 2.05) is 37.3 Å². The van der Waals surface area contributed by atoms with Crippen molar-refractivity contribution >= 4 is 13.4 Å². The number of aryl methyl sites for hydroxylation is 1. The van der Waals surface area contributed by atoms with E-state index in [-0.39, 0.29) is 25.4 Å². The zero-order valence-electron chi connectivity index (χ0n) is 16.5. The van der Waals surface area contributed by atoms with E-state index in [9.17, 15) is 14.6 Å². The maximum absolute atomic E-state index is 13.4. The highest BCUT2D eigenvalue weighted by Crippen LogP contribution is 2.57. The van der Waals surface area contributed by atoms with Crippen LogP contribution in [-0.2, 0) is 13.6 Å². The van der Waals surface area contributed by atoms with Gasteiger partial charge in [-0.2, -0.15) is 5.26 Å². The first-order valence-corrected chi connectivity index (χ1v) is 11.0. The molecule has 2 rings (SSSR count). The van der Waals surface area contributed by atoms with Crippen molar-refractivity contribution in [2.75, 3.05) is 13.2 Å². The molecular weight excluding hydrogens is 373 g/mol. The molecule has 0 N–H and O–H groups in total. The van der Waals surface area contributed by atoms with Crippen LogP contribution in [0.15, 0.2) is 54.6 Å². The summed E-state index contributed by atoms with van der Waals surface area (Å²) in [7, 11) is -3.72. The average molecular weight is 399 g/mol. The summed E-state index contributed by atoms with van der Waals surface area (Å²) < 4.78 is 24.2. The zero-order chi connectivity index (χ0) is 20.6.